The molecular formula is C24H32N2O4. The Morgan fingerprint density at radius 2 is 1.83 bits per heavy atom. The molecule has 0 heterocycles. The Labute approximate surface area is 179 Å². The van der Waals surface area contributed by atoms with Crippen molar-refractivity contribution in [3.8, 4) is 11.5 Å². The van der Waals surface area contributed by atoms with Crippen LogP contribution in [0.25, 0.3) is 0 Å². The van der Waals surface area contributed by atoms with Crippen molar-refractivity contribution in [3.05, 3.63) is 59.7 Å². The van der Waals surface area contributed by atoms with E-state index in [1.165, 1.54) is 0 Å². The number of unbranched alkanes of at least 4 members (excludes halogenated alkanes) is 1. The lowest BCUT2D eigenvalue weighted by Crippen LogP contribution is -2.49. The molecule has 0 aliphatic heterocycles. The van der Waals surface area contributed by atoms with Gasteiger partial charge < -0.3 is 19.7 Å². The molecule has 0 bridgehead atoms. The van der Waals surface area contributed by atoms with Crippen molar-refractivity contribution in [1.82, 2.24) is 10.2 Å². The molecule has 0 aliphatic rings. The van der Waals surface area contributed by atoms with E-state index in [0.29, 0.717) is 24.6 Å². The molecule has 1 atom stereocenters. The van der Waals surface area contributed by atoms with Crippen LogP contribution in [-0.2, 0) is 16.1 Å². The lowest BCUT2D eigenvalue weighted by Gasteiger charge is -2.29. The summed E-state index contributed by atoms with van der Waals surface area (Å²) in [4.78, 5) is 27.3. The predicted molar refractivity (Wildman–Crippen MR) is 118 cm³/mol. The van der Waals surface area contributed by atoms with Gasteiger partial charge in [0.25, 0.3) is 5.91 Å². The van der Waals surface area contributed by atoms with Gasteiger partial charge in [0.2, 0.25) is 5.91 Å². The first kappa shape index (κ1) is 23.3. The van der Waals surface area contributed by atoms with Crippen LogP contribution in [0.2, 0.25) is 0 Å². The van der Waals surface area contributed by atoms with Crippen LogP contribution in [0, 0.1) is 6.92 Å². The number of carbonyl (C=O) groups excluding carboxylic acids is 2. The molecule has 0 fully saturated rings. The van der Waals surface area contributed by atoms with E-state index in [-0.39, 0.29) is 18.4 Å². The van der Waals surface area contributed by atoms with Crippen LogP contribution in [0.4, 0.5) is 0 Å². The number of aryl methyl sites for hydroxylation is 1. The van der Waals surface area contributed by atoms with Crippen molar-refractivity contribution in [1.29, 1.82) is 0 Å². The van der Waals surface area contributed by atoms with Gasteiger partial charge in [-0.2, -0.15) is 0 Å². The third-order valence-corrected chi connectivity index (χ3v) is 4.85. The molecule has 0 spiro atoms. The monoisotopic (exact) mass is 412 g/mol. The molecule has 1 unspecified atom stereocenters. The first-order valence-corrected chi connectivity index (χ1v) is 10.3. The molecule has 0 aliphatic carbocycles. The number of nitrogens with one attached hydrogen (secondary N) is 1. The maximum absolute atomic E-state index is 13.1. The second kappa shape index (κ2) is 11.9. The van der Waals surface area contributed by atoms with Gasteiger partial charge in [-0.05, 0) is 38.0 Å². The minimum atomic E-state index is -0.615. The number of ether oxygens (including phenoxy) is 2. The summed E-state index contributed by atoms with van der Waals surface area (Å²) in [6, 6.07) is 14.5. The van der Waals surface area contributed by atoms with Gasteiger partial charge >= 0.3 is 0 Å². The van der Waals surface area contributed by atoms with Crippen LogP contribution in [0.1, 0.15) is 37.8 Å². The lowest BCUT2D eigenvalue weighted by atomic mass is 10.1. The number of amides is 2. The molecule has 2 rings (SSSR count). The van der Waals surface area contributed by atoms with Crippen LogP contribution < -0.4 is 14.8 Å². The zero-order chi connectivity index (χ0) is 21.9. The van der Waals surface area contributed by atoms with Gasteiger partial charge in [-0.25, -0.2) is 0 Å². The second-order valence-corrected chi connectivity index (χ2v) is 7.27. The van der Waals surface area contributed by atoms with Gasteiger partial charge in [0.15, 0.2) is 18.1 Å². The van der Waals surface area contributed by atoms with Crippen molar-refractivity contribution in [2.45, 2.75) is 46.2 Å². The van der Waals surface area contributed by atoms with Gasteiger partial charge in [0, 0.05) is 13.1 Å². The van der Waals surface area contributed by atoms with Crippen molar-refractivity contribution in [2.75, 3.05) is 20.3 Å². The Balaban J connectivity index is 2.14. The second-order valence-electron chi connectivity index (χ2n) is 7.27. The van der Waals surface area contributed by atoms with Crippen LogP contribution in [0.5, 0.6) is 11.5 Å². The van der Waals surface area contributed by atoms with E-state index in [9.17, 15) is 9.59 Å². The maximum Gasteiger partial charge on any atom is 0.261 e. The zero-order valence-corrected chi connectivity index (χ0v) is 18.3. The molecule has 2 aromatic carbocycles. The smallest absolute Gasteiger partial charge is 0.261 e. The Morgan fingerprint density at radius 3 is 2.50 bits per heavy atom. The highest BCUT2D eigenvalue weighted by atomic mass is 16.5. The first-order chi connectivity index (χ1) is 14.5. The van der Waals surface area contributed by atoms with Gasteiger partial charge in [-0.3, -0.25) is 9.59 Å². The number of benzene rings is 2. The third kappa shape index (κ3) is 6.79. The molecule has 0 saturated carbocycles. The Morgan fingerprint density at radius 1 is 1.10 bits per heavy atom. The van der Waals surface area contributed by atoms with E-state index in [4.69, 9.17) is 9.47 Å². The number of para-hydroxylation sites is 2. The summed E-state index contributed by atoms with van der Waals surface area (Å²) >= 11 is 0. The largest absolute Gasteiger partial charge is 0.493 e. The molecule has 0 radical (unpaired) electrons. The van der Waals surface area contributed by atoms with E-state index in [0.717, 1.165) is 24.0 Å². The van der Waals surface area contributed by atoms with E-state index in [1.54, 1.807) is 31.1 Å². The zero-order valence-electron chi connectivity index (χ0n) is 18.3. The average Bonchev–Trinajstić information content (AvgIpc) is 2.75. The average molecular weight is 413 g/mol. The van der Waals surface area contributed by atoms with E-state index in [1.807, 2.05) is 43.3 Å². The van der Waals surface area contributed by atoms with Gasteiger partial charge in [0.05, 0.1) is 7.11 Å². The molecule has 162 valence electrons. The summed E-state index contributed by atoms with van der Waals surface area (Å²) in [5.41, 5.74) is 2.07. The van der Waals surface area contributed by atoms with E-state index < -0.39 is 6.04 Å². The highest BCUT2D eigenvalue weighted by molar-refractivity contribution is 5.88. The number of rotatable bonds is 11. The van der Waals surface area contributed by atoms with Crippen LogP contribution in [0.3, 0.4) is 0 Å². The summed E-state index contributed by atoms with van der Waals surface area (Å²) in [6.07, 6.45) is 1.90. The number of hydrogen-bond donors (Lipinski definition) is 1. The molecule has 0 aromatic heterocycles. The third-order valence-electron chi connectivity index (χ3n) is 4.85. The molecule has 2 amide bonds. The van der Waals surface area contributed by atoms with E-state index >= 15 is 0 Å². The molecule has 6 nitrogen and oxygen atoms in total. The van der Waals surface area contributed by atoms with Crippen molar-refractivity contribution < 1.29 is 19.1 Å². The standard InChI is InChI=1S/C24H32N2O4/c1-5-6-14-25-24(28)19(3)26(16-20-11-9-10-18(2)15-20)23(27)17-30-22-13-8-7-12-21(22)29-4/h7-13,15,19H,5-6,14,16-17H2,1-4H3,(H,25,28). The summed E-state index contributed by atoms with van der Waals surface area (Å²) in [7, 11) is 1.55. The van der Waals surface area contributed by atoms with Crippen molar-refractivity contribution in [2.24, 2.45) is 0 Å². The maximum atomic E-state index is 13.1. The van der Waals surface area contributed by atoms with Crippen molar-refractivity contribution in [3.63, 3.8) is 0 Å². The highest BCUT2D eigenvalue weighted by Gasteiger charge is 2.26. The molecule has 30 heavy (non-hydrogen) atoms. The fourth-order valence-corrected chi connectivity index (χ4v) is 3.09. The first-order valence-electron chi connectivity index (χ1n) is 10.3. The quantitative estimate of drug-likeness (QED) is 0.571. The topological polar surface area (TPSA) is 67.9 Å². The number of hydrogen-bond acceptors (Lipinski definition) is 4. The molecule has 2 aromatic rings. The Hall–Kier alpha value is -3.02. The van der Waals surface area contributed by atoms with Gasteiger partial charge in [0.1, 0.15) is 6.04 Å². The summed E-state index contributed by atoms with van der Waals surface area (Å²) in [6.45, 7) is 6.57. The van der Waals surface area contributed by atoms with Crippen molar-refractivity contribution >= 4 is 11.8 Å². The molecule has 0 saturated heterocycles. The van der Waals surface area contributed by atoms with E-state index in [2.05, 4.69) is 12.2 Å². The summed E-state index contributed by atoms with van der Waals surface area (Å²) < 4.78 is 11.0. The number of carbonyl (C=O) groups is 2. The fourth-order valence-electron chi connectivity index (χ4n) is 3.09. The number of nitrogens with zero attached hydrogens (tertiary/aromatic N) is 1. The SMILES string of the molecule is CCCCNC(=O)C(C)N(Cc1cccc(C)c1)C(=O)COc1ccccc1OC. The molecular weight excluding hydrogens is 380 g/mol. The fraction of sp³-hybridized carbons (Fsp3) is 0.417. The Bertz CT molecular complexity index is 837. The minimum Gasteiger partial charge on any atom is -0.493 e. The predicted octanol–water partition coefficient (Wildman–Crippen LogP) is 3.72. The molecule has 1 N–H and O–H groups in total. The minimum absolute atomic E-state index is 0.165. The lowest BCUT2D eigenvalue weighted by molar-refractivity contribution is -0.142. The highest BCUT2D eigenvalue weighted by Crippen LogP contribution is 2.25. The van der Waals surface area contributed by atoms with Crippen LogP contribution in [-0.4, -0.2) is 43.0 Å². The summed E-state index contributed by atoms with van der Waals surface area (Å²) in [5.74, 6) is 0.618. The van der Waals surface area contributed by atoms with Gasteiger partial charge in [-0.1, -0.05) is 55.3 Å². The van der Waals surface area contributed by atoms with Crippen LogP contribution in [0.15, 0.2) is 48.5 Å². The summed E-state index contributed by atoms with van der Waals surface area (Å²) in [5, 5.41) is 2.91. The Kier molecular flexibility index (Phi) is 9.19. The molecule has 6 heteroatoms. The van der Waals surface area contributed by atoms with Gasteiger partial charge in [-0.15, -0.1) is 0 Å². The van der Waals surface area contributed by atoms with Crippen LogP contribution >= 0.6 is 0 Å². The number of methoxy groups -OCH3 is 1. The normalized spacial score (nSPS) is 11.5.